The van der Waals surface area contributed by atoms with Gasteiger partial charge < -0.3 is 20.1 Å². The highest BCUT2D eigenvalue weighted by atomic mass is 16.5. The summed E-state index contributed by atoms with van der Waals surface area (Å²) in [7, 11) is 0. The van der Waals surface area contributed by atoms with Crippen LogP contribution >= 0.6 is 0 Å². The number of likely N-dealkylation sites (tertiary alicyclic amines) is 1. The number of nitrogens with zero attached hydrogens (tertiary/aromatic N) is 1. The third kappa shape index (κ3) is 11.1. The minimum atomic E-state index is -1.30. The third-order valence-corrected chi connectivity index (χ3v) is 11.2. The SMILES string of the molecule is CCCC(CC(=O)[C@@H]1C[C@@H]2CCCC[C@@H]2N1C(=O)[C@@H](CC(=O)OCC(C)C)C1CCCCC1)C(=O)C(=O)CCC(=O)N[C@H](C(=O)O)c1ccccc1. The Morgan fingerprint density at radius 1 is 0.885 bits per heavy atom. The Morgan fingerprint density at radius 3 is 2.21 bits per heavy atom. The minimum Gasteiger partial charge on any atom is -0.479 e. The molecule has 1 aromatic rings. The van der Waals surface area contributed by atoms with Gasteiger partial charge in [-0.1, -0.05) is 89.6 Å². The van der Waals surface area contributed by atoms with E-state index in [1.54, 1.807) is 35.2 Å². The van der Waals surface area contributed by atoms with Crippen LogP contribution in [0.4, 0.5) is 0 Å². The summed E-state index contributed by atoms with van der Waals surface area (Å²) in [6, 6.07) is 6.07. The number of rotatable bonds is 19. The first-order chi connectivity index (χ1) is 24.9. The van der Waals surface area contributed by atoms with Crippen LogP contribution in [0.25, 0.3) is 0 Å². The summed E-state index contributed by atoms with van der Waals surface area (Å²) in [6.07, 6.45) is 8.86. The maximum absolute atomic E-state index is 14.7. The van der Waals surface area contributed by atoms with Crippen LogP contribution in [0.15, 0.2) is 30.3 Å². The first kappa shape index (κ1) is 40.9. The van der Waals surface area contributed by atoms with Crippen molar-refractivity contribution in [3.63, 3.8) is 0 Å². The van der Waals surface area contributed by atoms with Gasteiger partial charge in [-0.25, -0.2) is 4.79 Å². The van der Waals surface area contributed by atoms with E-state index in [4.69, 9.17) is 4.74 Å². The number of carbonyl (C=O) groups excluding carboxylic acids is 6. The van der Waals surface area contributed by atoms with E-state index in [0.717, 1.165) is 57.8 Å². The fourth-order valence-electron chi connectivity index (χ4n) is 8.54. The predicted molar refractivity (Wildman–Crippen MR) is 194 cm³/mol. The van der Waals surface area contributed by atoms with Gasteiger partial charge in [0.2, 0.25) is 17.6 Å². The highest BCUT2D eigenvalue weighted by Crippen LogP contribution is 2.43. The first-order valence-corrected chi connectivity index (χ1v) is 19.6. The number of aliphatic carboxylic acids is 1. The second kappa shape index (κ2) is 19.8. The van der Waals surface area contributed by atoms with Crippen molar-refractivity contribution in [1.29, 1.82) is 0 Å². The molecule has 11 nitrogen and oxygen atoms in total. The maximum atomic E-state index is 14.7. The number of nitrogens with one attached hydrogen (secondary N) is 1. The quantitative estimate of drug-likeness (QED) is 0.126. The number of fused-ring (bicyclic) bond motifs is 1. The summed E-state index contributed by atoms with van der Waals surface area (Å²) in [4.78, 5) is 94.8. The van der Waals surface area contributed by atoms with Gasteiger partial charge in [0.1, 0.15) is 0 Å². The van der Waals surface area contributed by atoms with E-state index in [2.05, 4.69) is 5.32 Å². The highest BCUT2D eigenvalue weighted by Gasteiger charge is 2.50. The summed E-state index contributed by atoms with van der Waals surface area (Å²) in [5.41, 5.74) is 0.377. The van der Waals surface area contributed by atoms with Crippen molar-refractivity contribution < 1.29 is 43.4 Å². The second-order valence-corrected chi connectivity index (χ2v) is 15.6. The van der Waals surface area contributed by atoms with Crippen LogP contribution in [0.2, 0.25) is 0 Å². The molecular formula is C41H58N2O9. The zero-order valence-electron chi connectivity index (χ0n) is 31.2. The topological polar surface area (TPSA) is 164 Å². The molecule has 3 aliphatic rings. The zero-order valence-corrected chi connectivity index (χ0v) is 31.2. The molecule has 4 rings (SSSR count). The first-order valence-electron chi connectivity index (χ1n) is 19.6. The normalized spacial score (nSPS) is 22.2. The molecule has 0 aromatic heterocycles. The van der Waals surface area contributed by atoms with E-state index in [1.165, 1.54) is 0 Å². The van der Waals surface area contributed by atoms with Crippen molar-refractivity contribution in [3.8, 4) is 0 Å². The summed E-state index contributed by atoms with van der Waals surface area (Å²) in [6.45, 7) is 6.08. The number of ketones is 3. The Hall–Kier alpha value is -3.89. The number of carboxylic acids is 1. The Bertz CT molecular complexity index is 1420. The number of amides is 2. The van der Waals surface area contributed by atoms with Gasteiger partial charge in [0, 0.05) is 31.2 Å². The zero-order chi connectivity index (χ0) is 37.8. The van der Waals surface area contributed by atoms with Crippen LogP contribution in [0.1, 0.15) is 135 Å². The fraction of sp³-hybridized carbons (Fsp3) is 0.683. The molecule has 1 heterocycles. The van der Waals surface area contributed by atoms with E-state index in [-0.39, 0.29) is 67.3 Å². The molecule has 2 amide bonds. The Kier molecular flexibility index (Phi) is 15.6. The van der Waals surface area contributed by atoms with Crippen molar-refractivity contribution in [1.82, 2.24) is 10.2 Å². The van der Waals surface area contributed by atoms with Crippen LogP contribution in [0.3, 0.4) is 0 Å². The van der Waals surface area contributed by atoms with Gasteiger partial charge in [-0.2, -0.15) is 0 Å². The molecule has 0 bridgehead atoms. The van der Waals surface area contributed by atoms with E-state index in [9.17, 15) is 38.7 Å². The lowest BCUT2D eigenvalue weighted by Crippen LogP contribution is -2.51. The highest BCUT2D eigenvalue weighted by molar-refractivity contribution is 6.38. The van der Waals surface area contributed by atoms with Crippen LogP contribution in [0.5, 0.6) is 0 Å². The average Bonchev–Trinajstić information content (AvgIpc) is 3.54. The van der Waals surface area contributed by atoms with Gasteiger partial charge in [0.05, 0.1) is 25.0 Å². The molecule has 2 saturated carbocycles. The van der Waals surface area contributed by atoms with Crippen LogP contribution in [-0.2, 0) is 38.3 Å². The summed E-state index contributed by atoms with van der Waals surface area (Å²) in [5, 5.41) is 12.1. The van der Waals surface area contributed by atoms with Gasteiger partial charge in [-0.05, 0) is 61.8 Å². The summed E-state index contributed by atoms with van der Waals surface area (Å²) in [5.74, 6) is -5.30. The van der Waals surface area contributed by atoms with Gasteiger partial charge in [0.15, 0.2) is 17.6 Å². The largest absolute Gasteiger partial charge is 0.479 e. The van der Waals surface area contributed by atoms with Crippen molar-refractivity contribution in [2.45, 2.75) is 142 Å². The van der Waals surface area contributed by atoms with Crippen LogP contribution < -0.4 is 5.32 Å². The lowest BCUT2D eigenvalue weighted by molar-refractivity contribution is -0.154. The van der Waals surface area contributed by atoms with Gasteiger partial charge >= 0.3 is 11.9 Å². The number of hydrogen-bond donors (Lipinski definition) is 2. The maximum Gasteiger partial charge on any atom is 0.330 e. The number of benzene rings is 1. The van der Waals surface area contributed by atoms with Crippen molar-refractivity contribution >= 4 is 41.1 Å². The molecule has 0 spiro atoms. The molecule has 1 aliphatic heterocycles. The molecule has 286 valence electrons. The summed E-state index contributed by atoms with van der Waals surface area (Å²) < 4.78 is 5.53. The monoisotopic (exact) mass is 722 g/mol. The van der Waals surface area contributed by atoms with E-state index >= 15 is 0 Å². The molecule has 3 fully saturated rings. The van der Waals surface area contributed by atoms with Crippen molar-refractivity contribution in [2.75, 3.05) is 6.61 Å². The van der Waals surface area contributed by atoms with Crippen molar-refractivity contribution in [3.05, 3.63) is 35.9 Å². The Balaban J connectivity index is 1.46. The van der Waals surface area contributed by atoms with Gasteiger partial charge in [-0.3, -0.25) is 28.8 Å². The molecule has 1 aromatic carbocycles. The molecule has 0 radical (unpaired) electrons. The standard InChI is InChI=1S/C41H58N2O9/c1-4-13-30(39(48)34(44)20-21-36(46)42-38(41(50)51)28-16-9-6-10-17-28)23-35(45)33-22-29-18-11-12-19-32(29)43(33)40(49)31(27-14-7-5-8-15-27)24-37(47)52-25-26(2)3/h6,9-10,16-17,26-27,29-33,38H,4-5,7-8,11-15,18-25H2,1-3H3,(H,42,46)(H,50,51)/t29-,30?,31-,32-,33-,38-/m0/s1. The van der Waals surface area contributed by atoms with E-state index in [0.29, 0.717) is 24.8 Å². The molecular weight excluding hydrogens is 664 g/mol. The molecule has 6 atom stereocenters. The fourth-order valence-corrected chi connectivity index (χ4v) is 8.54. The smallest absolute Gasteiger partial charge is 0.330 e. The average molecular weight is 723 g/mol. The van der Waals surface area contributed by atoms with E-state index in [1.807, 2.05) is 20.8 Å². The number of Topliss-reactive ketones (excluding diaryl/α,β-unsaturated/α-hetero) is 3. The number of ether oxygens (including phenoxy) is 1. The summed E-state index contributed by atoms with van der Waals surface area (Å²) >= 11 is 0. The van der Waals surface area contributed by atoms with Crippen molar-refractivity contribution in [2.24, 2.45) is 29.6 Å². The molecule has 2 aliphatic carbocycles. The molecule has 2 N–H and O–H groups in total. The molecule has 1 unspecified atom stereocenters. The molecule has 52 heavy (non-hydrogen) atoms. The predicted octanol–water partition coefficient (Wildman–Crippen LogP) is 6.17. The lowest BCUT2D eigenvalue weighted by Gasteiger charge is -2.38. The number of carbonyl (C=O) groups is 7. The number of hydrogen-bond acceptors (Lipinski definition) is 8. The van der Waals surface area contributed by atoms with Gasteiger partial charge in [-0.15, -0.1) is 0 Å². The second-order valence-electron chi connectivity index (χ2n) is 15.6. The van der Waals surface area contributed by atoms with Crippen LogP contribution in [-0.4, -0.2) is 69.8 Å². The minimum absolute atomic E-state index is 0.0113. The third-order valence-electron chi connectivity index (χ3n) is 11.2. The molecule has 1 saturated heterocycles. The molecule has 11 heteroatoms. The van der Waals surface area contributed by atoms with Crippen LogP contribution in [0, 0.1) is 29.6 Å². The van der Waals surface area contributed by atoms with Gasteiger partial charge in [0.25, 0.3) is 0 Å². The number of carboxylic acid groups (broad SMARTS) is 1. The Morgan fingerprint density at radius 2 is 1.56 bits per heavy atom. The lowest BCUT2D eigenvalue weighted by atomic mass is 9.77. The Labute approximate surface area is 308 Å². The number of esters is 1. The van der Waals surface area contributed by atoms with E-state index < -0.39 is 53.8 Å².